The van der Waals surface area contributed by atoms with Crippen molar-refractivity contribution >= 4 is 60.6 Å². The minimum atomic E-state index is -4.00. The number of hydrogen-bond acceptors (Lipinski definition) is 7. The van der Waals surface area contributed by atoms with Gasteiger partial charge in [0.2, 0.25) is 0 Å². The minimum absolute atomic E-state index is 0.0870. The average Bonchev–Trinajstić information content (AvgIpc) is 2.98. The molecule has 2 aromatic heterocycles. The zero-order valence-electron chi connectivity index (χ0n) is 16.4. The van der Waals surface area contributed by atoms with Gasteiger partial charge in [-0.3, -0.25) is 9.62 Å². The van der Waals surface area contributed by atoms with Crippen molar-refractivity contribution in [3.63, 3.8) is 0 Å². The Morgan fingerprint density at radius 2 is 1.93 bits per heavy atom. The second-order valence-electron chi connectivity index (χ2n) is 7.02. The fraction of sp³-hybridized carbons (Fsp3) is 0.368. The molecule has 1 aromatic carbocycles. The lowest BCUT2D eigenvalue weighted by Crippen LogP contribution is -2.36. The molecule has 4 rings (SSSR count). The number of nitrogens with zero attached hydrogens (tertiary/aromatic N) is 3. The van der Waals surface area contributed by atoms with E-state index in [1.165, 1.54) is 23.5 Å². The summed E-state index contributed by atoms with van der Waals surface area (Å²) in [6.45, 7) is 7.31. The second kappa shape index (κ2) is 8.57. The summed E-state index contributed by atoms with van der Waals surface area (Å²) < 4.78 is 34.2. The molecule has 0 bridgehead atoms. The van der Waals surface area contributed by atoms with Gasteiger partial charge in [-0.1, -0.05) is 23.2 Å². The molecule has 0 unspecified atom stereocenters. The molecule has 0 saturated carbocycles. The Hall–Kier alpha value is -1.49. The third kappa shape index (κ3) is 4.42. The first-order valence-electron chi connectivity index (χ1n) is 9.29. The molecule has 3 aromatic rings. The predicted molar refractivity (Wildman–Crippen MR) is 120 cm³/mol. The van der Waals surface area contributed by atoms with Crippen LogP contribution in [0.4, 0.5) is 5.82 Å². The molecule has 1 aliphatic rings. The molecule has 0 amide bonds. The van der Waals surface area contributed by atoms with Crippen molar-refractivity contribution in [2.24, 2.45) is 0 Å². The van der Waals surface area contributed by atoms with Crippen molar-refractivity contribution < 1.29 is 13.2 Å². The number of ether oxygens (including phenoxy) is 1. The van der Waals surface area contributed by atoms with Crippen LogP contribution >= 0.6 is 34.5 Å². The maximum Gasteiger partial charge on any atom is 0.264 e. The van der Waals surface area contributed by atoms with E-state index in [9.17, 15) is 8.42 Å². The highest BCUT2D eigenvalue weighted by atomic mass is 35.5. The van der Waals surface area contributed by atoms with Crippen molar-refractivity contribution in [3.05, 3.63) is 44.5 Å². The van der Waals surface area contributed by atoms with Crippen LogP contribution in [0.1, 0.15) is 16.3 Å². The normalized spacial score (nSPS) is 15.6. The van der Waals surface area contributed by atoms with E-state index < -0.39 is 10.0 Å². The van der Waals surface area contributed by atoms with Crippen LogP contribution in [0.2, 0.25) is 10.0 Å². The van der Waals surface area contributed by atoms with E-state index in [4.69, 9.17) is 27.9 Å². The fourth-order valence-electron chi connectivity index (χ4n) is 3.26. The van der Waals surface area contributed by atoms with Crippen LogP contribution in [0.3, 0.4) is 0 Å². The topological polar surface area (TPSA) is 84.4 Å². The van der Waals surface area contributed by atoms with Crippen LogP contribution in [-0.4, -0.2) is 49.6 Å². The van der Waals surface area contributed by atoms with E-state index in [-0.39, 0.29) is 20.8 Å². The Balaban J connectivity index is 1.77. The third-order valence-corrected chi connectivity index (χ3v) is 8.11. The van der Waals surface area contributed by atoms with E-state index in [0.29, 0.717) is 31.0 Å². The van der Waals surface area contributed by atoms with Gasteiger partial charge in [0.1, 0.15) is 15.6 Å². The van der Waals surface area contributed by atoms with Crippen molar-refractivity contribution in [2.45, 2.75) is 25.3 Å². The van der Waals surface area contributed by atoms with Gasteiger partial charge in [0.25, 0.3) is 10.0 Å². The van der Waals surface area contributed by atoms with Gasteiger partial charge in [-0.15, -0.1) is 11.3 Å². The van der Waals surface area contributed by atoms with Crippen molar-refractivity contribution in [1.82, 2.24) is 14.9 Å². The van der Waals surface area contributed by atoms with Crippen molar-refractivity contribution in [3.8, 4) is 0 Å². The molecule has 11 heteroatoms. The maximum absolute atomic E-state index is 13.1. The smallest absolute Gasteiger partial charge is 0.264 e. The minimum Gasteiger partial charge on any atom is -0.379 e. The Labute approximate surface area is 189 Å². The summed E-state index contributed by atoms with van der Waals surface area (Å²) in [5, 5.41) is 1.07. The van der Waals surface area contributed by atoms with Crippen LogP contribution in [0, 0.1) is 13.8 Å². The zero-order valence-corrected chi connectivity index (χ0v) is 19.6. The van der Waals surface area contributed by atoms with Gasteiger partial charge < -0.3 is 4.74 Å². The number of halogens is 2. The average molecular weight is 487 g/mol. The van der Waals surface area contributed by atoms with Gasteiger partial charge in [0.15, 0.2) is 5.82 Å². The Morgan fingerprint density at radius 1 is 1.20 bits per heavy atom. The highest BCUT2D eigenvalue weighted by Gasteiger charge is 2.24. The molecule has 1 N–H and O–H groups in total. The maximum atomic E-state index is 13.1. The summed E-state index contributed by atoms with van der Waals surface area (Å²) in [4.78, 5) is 13.2. The Bertz CT molecular complexity index is 1210. The van der Waals surface area contributed by atoms with E-state index in [1.807, 2.05) is 13.8 Å². The highest BCUT2D eigenvalue weighted by Crippen LogP contribution is 2.35. The van der Waals surface area contributed by atoms with Crippen LogP contribution < -0.4 is 4.72 Å². The summed E-state index contributed by atoms with van der Waals surface area (Å²) in [7, 11) is -4.00. The number of hydrogen-bond donors (Lipinski definition) is 1. The molecule has 0 aliphatic carbocycles. The summed E-state index contributed by atoms with van der Waals surface area (Å²) in [6, 6.07) is 4.32. The molecule has 1 aliphatic heterocycles. The standard InChI is InChI=1S/C19H20Cl2N4O3S2/c1-11-12(2)29-19-17(11)18(22-16(23-19)10-25-5-7-28-8-6-25)24-30(26,27)15-9-13(20)3-4-14(15)21/h3-4,9H,5-8,10H2,1-2H3,(H,22,23,24). The SMILES string of the molecule is Cc1sc2nc(CN3CCOCC3)nc(NS(=O)(=O)c3cc(Cl)ccc3Cl)c2c1C. The van der Waals surface area contributed by atoms with Gasteiger partial charge in [0, 0.05) is 23.0 Å². The number of anilines is 1. The molecule has 1 saturated heterocycles. The summed E-state index contributed by atoms with van der Waals surface area (Å²) in [6.07, 6.45) is 0. The largest absolute Gasteiger partial charge is 0.379 e. The molecular formula is C19H20Cl2N4O3S2. The van der Waals surface area contributed by atoms with Gasteiger partial charge >= 0.3 is 0 Å². The first-order valence-corrected chi connectivity index (χ1v) is 12.3. The lowest BCUT2D eigenvalue weighted by atomic mass is 10.2. The van der Waals surface area contributed by atoms with E-state index in [1.54, 1.807) is 6.07 Å². The molecule has 7 nitrogen and oxygen atoms in total. The second-order valence-corrected chi connectivity index (χ2v) is 10.7. The van der Waals surface area contributed by atoms with Crippen molar-refractivity contribution in [1.29, 1.82) is 0 Å². The Morgan fingerprint density at radius 3 is 2.67 bits per heavy atom. The number of aromatic nitrogens is 2. The molecule has 0 radical (unpaired) electrons. The van der Waals surface area contributed by atoms with Gasteiger partial charge in [-0.25, -0.2) is 18.4 Å². The number of nitrogens with one attached hydrogen (secondary N) is 1. The van der Waals surface area contributed by atoms with Crippen molar-refractivity contribution in [2.75, 3.05) is 31.0 Å². The number of thiophene rings is 1. The summed E-state index contributed by atoms with van der Waals surface area (Å²) >= 11 is 13.6. The molecule has 1 fully saturated rings. The number of sulfonamides is 1. The molecule has 30 heavy (non-hydrogen) atoms. The lowest BCUT2D eigenvalue weighted by molar-refractivity contribution is 0.0331. The quantitative estimate of drug-likeness (QED) is 0.580. The van der Waals surface area contributed by atoms with Gasteiger partial charge in [0.05, 0.1) is 30.2 Å². The number of rotatable bonds is 5. The molecule has 160 valence electrons. The van der Waals surface area contributed by atoms with Gasteiger partial charge in [-0.2, -0.15) is 0 Å². The molecular weight excluding hydrogens is 467 g/mol. The monoisotopic (exact) mass is 486 g/mol. The van der Waals surface area contributed by atoms with E-state index in [0.717, 1.165) is 28.4 Å². The van der Waals surface area contributed by atoms with E-state index >= 15 is 0 Å². The summed E-state index contributed by atoms with van der Waals surface area (Å²) in [5.74, 6) is 0.807. The van der Waals surface area contributed by atoms with Crippen LogP contribution in [0.15, 0.2) is 23.1 Å². The van der Waals surface area contributed by atoms with Gasteiger partial charge in [-0.05, 0) is 37.6 Å². The first kappa shape index (κ1) is 21.7. The number of benzene rings is 1. The third-order valence-electron chi connectivity index (χ3n) is 4.96. The highest BCUT2D eigenvalue weighted by molar-refractivity contribution is 7.92. The molecule has 0 atom stereocenters. The summed E-state index contributed by atoms with van der Waals surface area (Å²) in [5.41, 5.74) is 0.947. The fourth-order valence-corrected chi connectivity index (χ4v) is 6.09. The number of morpholine rings is 1. The van der Waals surface area contributed by atoms with E-state index in [2.05, 4.69) is 19.6 Å². The van der Waals surface area contributed by atoms with Crippen LogP contribution in [0.25, 0.3) is 10.2 Å². The lowest BCUT2D eigenvalue weighted by Gasteiger charge is -2.25. The van der Waals surface area contributed by atoms with Crippen LogP contribution in [-0.2, 0) is 21.3 Å². The molecule has 3 heterocycles. The Kier molecular flexibility index (Phi) is 6.20. The van der Waals surface area contributed by atoms with Crippen LogP contribution in [0.5, 0.6) is 0 Å². The molecule has 0 spiro atoms. The number of fused-ring (bicyclic) bond motifs is 1. The number of aryl methyl sites for hydroxylation is 2. The predicted octanol–water partition coefficient (Wildman–Crippen LogP) is 4.25. The first-order chi connectivity index (χ1) is 14.2. The zero-order chi connectivity index (χ0) is 21.5.